The quantitative estimate of drug-likeness (QED) is 0.407. The van der Waals surface area contributed by atoms with Crippen LogP contribution in [0.1, 0.15) is 31.9 Å². The molecule has 4 aromatic heterocycles. The minimum atomic E-state index is -2.79. The van der Waals surface area contributed by atoms with Gasteiger partial charge in [0.15, 0.2) is 11.5 Å². The Morgan fingerprint density at radius 1 is 1.22 bits per heavy atom. The highest BCUT2D eigenvalue weighted by molar-refractivity contribution is 6.00. The third kappa shape index (κ3) is 4.58. The fraction of sp³-hybridized carbons (Fsp3) is 0.400. The molecule has 2 fully saturated rings. The zero-order chi connectivity index (χ0) is 25.7. The molecule has 1 aliphatic carbocycles. The summed E-state index contributed by atoms with van der Waals surface area (Å²) in [6, 6.07) is 5.32. The number of carbonyl (C=O) groups excluding carboxylic acids is 1. The van der Waals surface area contributed by atoms with Crippen LogP contribution in [0.4, 0.5) is 20.3 Å². The van der Waals surface area contributed by atoms with Gasteiger partial charge in [0.2, 0.25) is 5.91 Å². The summed E-state index contributed by atoms with van der Waals surface area (Å²) in [6.45, 7) is 3.09. The first-order chi connectivity index (χ1) is 17.9. The van der Waals surface area contributed by atoms with Crippen LogP contribution in [0, 0.1) is 5.92 Å². The Bertz CT molecular complexity index is 1490. The summed E-state index contributed by atoms with van der Waals surface area (Å²) in [5, 5.41) is 17.5. The predicted molar refractivity (Wildman–Crippen MR) is 131 cm³/mol. The molecule has 4 aromatic rings. The van der Waals surface area contributed by atoms with E-state index in [-0.39, 0.29) is 41.8 Å². The van der Waals surface area contributed by atoms with E-state index in [1.165, 1.54) is 12.4 Å². The molecule has 37 heavy (non-hydrogen) atoms. The lowest BCUT2D eigenvalue weighted by molar-refractivity contribution is -0.117. The predicted octanol–water partition coefficient (Wildman–Crippen LogP) is 3.21. The Kier molecular flexibility index (Phi) is 5.92. The maximum Gasteiger partial charge on any atom is 0.281 e. The largest absolute Gasteiger partial charge is 0.394 e. The lowest BCUT2D eigenvalue weighted by Crippen LogP contribution is -2.48. The smallest absolute Gasteiger partial charge is 0.281 e. The fourth-order valence-electron chi connectivity index (χ4n) is 4.68. The van der Waals surface area contributed by atoms with E-state index in [4.69, 9.17) is 4.74 Å². The second kappa shape index (κ2) is 9.27. The van der Waals surface area contributed by atoms with Gasteiger partial charge in [-0.05, 0) is 38.0 Å². The average Bonchev–Trinajstić information content (AvgIpc) is 3.66. The number of ether oxygens (including phenoxy) is 1. The first kappa shape index (κ1) is 23.6. The number of halogens is 2. The van der Waals surface area contributed by atoms with Crippen molar-refractivity contribution in [1.82, 2.24) is 24.6 Å². The van der Waals surface area contributed by atoms with Crippen molar-refractivity contribution in [2.24, 2.45) is 5.92 Å². The number of hydrogen-bond donors (Lipinski definition) is 2. The van der Waals surface area contributed by atoms with Crippen LogP contribution in [0.2, 0.25) is 0 Å². The number of aliphatic hydroxyl groups is 1. The third-order valence-electron chi connectivity index (χ3n) is 6.66. The van der Waals surface area contributed by atoms with Crippen LogP contribution >= 0.6 is 0 Å². The van der Waals surface area contributed by atoms with Crippen LogP contribution in [0.5, 0.6) is 0 Å². The number of aliphatic hydroxyl groups excluding tert-OH is 1. The van der Waals surface area contributed by atoms with E-state index in [2.05, 4.69) is 30.3 Å². The number of hydrogen-bond acceptors (Lipinski definition) is 8. The molecule has 0 spiro atoms. The van der Waals surface area contributed by atoms with Crippen LogP contribution in [0.3, 0.4) is 0 Å². The normalized spacial score (nSPS) is 20.2. The molecule has 12 heteroatoms. The molecule has 1 saturated heterocycles. The number of fused-ring (bicyclic) bond motifs is 2. The maximum absolute atomic E-state index is 13.7. The standard InChI is InChI=1S/C25H25F2N7O3/c1-13-9-33(11-16(12-35)37-13)15-4-5-21-31-24(32-34(21)10-15)19-8-29-22(23(26)27)18-7-28-20(6-17(18)19)30-25(36)14-2-3-14/h4-8,10,13-14,16,23,35H,2-3,9,11-12H2,1H3,(H,28,30,36)/t13-,16-/m0/s1. The zero-order valence-electron chi connectivity index (χ0n) is 20.0. The molecule has 2 atom stereocenters. The summed E-state index contributed by atoms with van der Waals surface area (Å²) in [5.41, 5.74) is 1.52. The third-order valence-corrected chi connectivity index (χ3v) is 6.66. The zero-order valence-corrected chi connectivity index (χ0v) is 20.0. The van der Waals surface area contributed by atoms with Gasteiger partial charge in [-0.25, -0.2) is 23.3 Å². The van der Waals surface area contributed by atoms with Gasteiger partial charge in [0.05, 0.1) is 30.7 Å². The van der Waals surface area contributed by atoms with E-state index in [9.17, 15) is 18.7 Å². The highest BCUT2D eigenvalue weighted by atomic mass is 19.3. The first-order valence-electron chi connectivity index (χ1n) is 12.2. The average molecular weight is 510 g/mol. The molecular weight excluding hydrogens is 484 g/mol. The number of carbonyl (C=O) groups is 1. The van der Waals surface area contributed by atoms with E-state index in [0.29, 0.717) is 35.5 Å². The number of rotatable bonds is 6. The number of anilines is 2. The van der Waals surface area contributed by atoms with Gasteiger partial charge < -0.3 is 20.1 Å². The topological polar surface area (TPSA) is 118 Å². The molecule has 1 saturated carbocycles. The minimum absolute atomic E-state index is 0.0255. The lowest BCUT2D eigenvalue weighted by atomic mass is 10.1. The highest BCUT2D eigenvalue weighted by Crippen LogP contribution is 2.34. The molecule has 10 nitrogen and oxygen atoms in total. The Morgan fingerprint density at radius 2 is 2.05 bits per heavy atom. The summed E-state index contributed by atoms with van der Waals surface area (Å²) >= 11 is 0. The molecule has 0 aromatic carbocycles. The van der Waals surface area contributed by atoms with Gasteiger partial charge in [0.25, 0.3) is 6.43 Å². The highest BCUT2D eigenvalue weighted by Gasteiger charge is 2.30. The van der Waals surface area contributed by atoms with Crippen molar-refractivity contribution in [3.05, 3.63) is 42.5 Å². The van der Waals surface area contributed by atoms with Crippen LogP contribution in [0.25, 0.3) is 27.8 Å². The van der Waals surface area contributed by atoms with Crippen molar-refractivity contribution >= 4 is 33.8 Å². The Balaban J connectivity index is 1.39. The molecule has 2 aliphatic rings. The Labute approximate surface area is 210 Å². The SMILES string of the molecule is C[C@H]1CN(c2ccc3nc(-c4cnc(C(F)F)c5cnc(NC(=O)C6CC6)cc45)nn3c2)C[C@@H](CO)O1. The molecule has 6 rings (SSSR count). The maximum atomic E-state index is 13.7. The number of amides is 1. The molecular formula is C25H25F2N7O3. The molecule has 1 aliphatic heterocycles. The van der Waals surface area contributed by atoms with Crippen molar-refractivity contribution in [2.45, 2.75) is 38.4 Å². The van der Waals surface area contributed by atoms with Crippen LogP contribution in [-0.4, -0.2) is 67.5 Å². The Hall–Kier alpha value is -3.77. The van der Waals surface area contributed by atoms with Crippen LogP contribution < -0.4 is 10.2 Å². The fourth-order valence-corrected chi connectivity index (χ4v) is 4.68. The molecule has 2 N–H and O–H groups in total. The van der Waals surface area contributed by atoms with Gasteiger partial charge >= 0.3 is 0 Å². The van der Waals surface area contributed by atoms with Gasteiger partial charge in [-0.3, -0.25) is 9.78 Å². The summed E-state index contributed by atoms with van der Waals surface area (Å²) in [7, 11) is 0. The molecule has 5 heterocycles. The van der Waals surface area contributed by atoms with Crippen molar-refractivity contribution in [3.63, 3.8) is 0 Å². The second-order valence-corrected chi connectivity index (χ2v) is 9.52. The van der Waals surface area contributed by atoms with Crippen molar-refractivity contribution in [2.75, 3.05) is 29.9 Å². The monoisotopic (exact) mass is 509 g/mol. The van der Waals surface area contributed by atoms with Gasteiger partial charge in [0.1, 0.15) is 11.5 Å². The number of alkyl halides is 2. The summed E-state index contributed by atoms with van der Waals surface area (Å²) in [4.78, 5) is 27.1. The number of aromatic nitrogens is 5. The van der Waals surface area contributed by atoms with Crippen molar-refractivity contribution < 1.29 is 23.4 Å². The summed E-state index contributed by atoms with van der Waals surface area (Å²) < 4.78 is 34.8. The van der Waals surface area contributed by atoms with Crippen LogP contribution in [-0.2, 0) is 9.53 Å². The first-order valence-corrected chi connectivity index (χ1v) is 12.2. The molecule has 0 unspecified atom stereocenters. The van der Waals surface area contributed by atoms with E-state index < -0.39 is 12.1 Å². The number of nitrogens with one attached hydrogen (secondary N) is 1. The number of nitrogens with zero attached hydrogens (tertiary/aromatic N) is 6. The molecule has 0 radical (unpaired) electrons. The van der Waals surface area contributed by atoms with Crippen molar-refractivity contribution in [3.8, 4) is 11.4 Å². The molecule has 0 bridgehead atoms. The second-order valence-electron chi connectivity index (χ2n) is 9.52. The van der Waals surface area contributed by atoms with Gasteiger partial charge in [-0.2, -0.15) is 0 Å². The number of morpholine rings is 1. The summed E-state index contributed by atoms with van der Waals surface area (Å²) in [5.74, 6) is 0.436. The lowest BCUT2D eigenvalue weighted by Gasteiger charge is -2.37. The molecule has 1 amide bonds. The van der Waals surface area contributed by atoms with E-state index >= 15 is 0 Å². The van der Waals surface area contributed by atoms with E-state index in [1.807, 2.05) is 25.3 Å². The van der Waals surface area contributed by atoms with Crippen molar-refractivity contribution in [1.29, 1.82) is 0 Å². The van der Waals surface area contributed by atoms with Gasteiger partial charge in [0, 0.05) is 47.7 Å². The van der Waals surface area contributed by atoms with E-state index in [0.717, 1.165) is 18.5 Å². The van der Waals surface area contributed by atoms with Crippen LogP contribution in [0.15, 0.2) is 36.8 Å². The number of pyridine rings is 3. The van der Waals surface area contributed by atoms with Gasteiger partial charge in [-0.1, -0.05) is 0 Å². The van der Waals surface area contributed by atoms with E-state index in [1.54, 1.807) is 10.6 Å². The summed E-state index contributed by atoms with van der Waals surface area (Å²) in [6.07, 6.45) is 3.04. The Morgan fingerprint density at radius 3 is 2.81 bits per heavy atom. The minimum Gasteiger partial charge on any atom is -0.394 e. The van der Waals surface area contributed by atoms with Gasteiger partial charge in [-0.15, -0.1) is 5.10 Å². The molecule has 192 valence electrons.